The Bertz CT molecular complexity index is 558. The first kappa shape index (κ1) is 14.0. The lowest BCUT2D eigenvalue weighted by Crippen LogP contribution is -2.41. The molecule has 1 aromatic heterocycles. The minimum Gasteiger partial charge on any atom is -0.467 e. The van der Waals surface area contributed by atoms with Crippen molar-refractivity contribution in [2.75, 3.05) is 17.3 Å². The zero-order valence-electron chi connectivity index (χ0n) is 11.8. The van der Waals surface area contributed by atoms with E-state index in [0.29, 0.717) is 5.95 Å². The van der Waals surface area contributed by atoms with E-state index in [2.05, 4.69) is 25.3 Å². The summed E-state index contributed by atoms with van der Waals surface area (Å²) in [5, 5.41) is 3.05. The molecule has 0 fully saturated rings. The predicted molar refractivity (Wildman–Crippen MR) is 73.7 cm³/mol. The Morgan fingerprint density at radius 2 is 2.05 bits per heavy atom. The molecule has 3 N–H and O–H groups in total. The number of guanidine groups is 1. The number of carbonyl (C=O) groups excluding carboxylic acids is 1. The van der Waals surface area contributed by atoms with Crippen molar-refractivity contribution < 1.29 is 9.53 Å². The molecular weight excluding hydrogens is 262 g/mol. The van der Waals surface area contributed by atoms with Gasteiger partial charge in [0, 0.05) is 6.04 Å². The molecule has 1 aliphatic rings. The summed E-state index contributed by atoms with van der Waals surface area (Å²) in [5.41, 5.74) is 5.73. The predicted octanol–water partition coefficient (Wildman–Crippen LogP) is -0.250. The SMILES string of the molecule is COc1nc(NC(C)C)nc(N2C(N)=NC(=O)[C@H]2C)n1. The van der Waals surface area contributed by atoms with Gasteiger partial charge in [0.1, 0.15) is 6.04 Å². The Morgan fingerprint density at radius 1 is 1.35 bits per heavy atom. The van der Waals surface area contributed by atoms with Crippen molar-refractivity contribution in [3.05, 3.63) is 0 Å². The molecule has 2 heterocycles. The number of aliphatic imine (C=N–C) groups is 1. The van der Waals surface area contributed by atoms with Crippen LogP contribution in [0.5, 0.6) is 6.01 Å². The Morgan fingerprint density at radius 3 is 2.55 bits per heavy atom. The number of rotatable bonds is 4. The molecule has 1 aliphatic heterocycles. The number of ether oxygens (including phenoxy) is 1. The van der Waals surface area contributed by atoms with Gasteiger partial charge in [-0.3, -0.25) is 9.69 Å². The number of nitrogens with two attached hydrogens (primary N) is 1. The summed E-state index contributed by atoms with van der Waals surface area (Å²) in [4.78, 5) is 29.1. The van der Waals surface area contributed by atoms with Crippen LogP contribution in [0.15, 0.2) is 4.99 Å². The first-order chi connectivity index (χ1) is 9.42. The van der Waals surface area contributed by atoms with Crippen molar-refractivity contribution in [1.29, 1.82) is 0 Å². The number of aromatic nitrogens is 3. The lowest BCUT2D eigenvalue weighted by atomic mass is 10.3. The van der Waals surface area contributed by atoms with Gasteiger partial charge in [-0.2, -0.15) is 19.9 Å². The quantitative estimate of drug-likeness (QED) is 0.774. The van der Waals surface area contributed by atoms with E-state index in [-0.39, 0.29) is 29.9 Å². The summed E-state index contributed by atoms with van der Waals surface area (Å²) in [6.45, 7) is 5.58. The lowest BCUT2D eigenvalue weighted by molar-refractivity contribution is -0.117. The molecule has 0 unspecified atom stereocenters. The molecule has 0 saturated carbocycles. The maximum atomic E-state index is 11.6. The van der Waals surface area contributed by atoms with E-state index >= 15 is 0 Å². The highest BCUT2D eigenvalue weighted by Crippen LogP contribution is 2.20. The second-order valence-electron chi connectivity index (χ2n) is 4.60. The fourth-order valence-corrected chi connectivity index (χ4v) is 1.71. The number of amides is 1. The van der Waals surface area contributed by atoms with Gasteiger partial charge in [0.25, 0.3) is 5.91 Å². The van der Waals surface area contributed by atoms with Crippen LogP contribution in [0.4, 0.5) is 11.9 Å². The molecule has 20 heavy (non-hydrogen) atoms. The summed E-state index contributed by atoms with van der Waals surface area (Å²) < 4.78 is 5.04. The summed E-state index contributed by atoms with van der Waals surface area (Å²) >= 11 is 0. The number of hydrogen-bond donors (Lipinski definition) is 2. The first-order valence-electron chi connectivity index (χ1n) is 6.16. The monoisotopic (exact) mass is 279 g/mol. The molecule has 9 nitrogen and oxygen atoms in total. The molecule has 0 bridgehead atoms. The summed E-state index contributed by atoms with van der Waals surface area (Å²) in [5.74, 6) is 0.298. The maximum Gasteiger partial charge on any atom is 0.322 e. The third-order valence-electron chi connectivity index (χ3n) is 2.64. The van der Waals surface area contributed by atoms with Gasteiger partial charge < -0.3 is 15.8 Å². The van der Waals surface area contributed by atoms with Gasteiger partial charge >= 0.3 is 6.01 Å². The van der Waals surface area contributed by atoms with Gasteiger partial charge in [0.15, 0.2) is 0 Å². The lowest BCUT2D eigenvalue weighted by Gasteiger charge is -2.20. The van der Waals surface area contributed by atoms with E-state index in [9.17, 15) is 4.79 Å². The molecule has 108 valence electrons. The normalized spacial score (nSPS) is 18.4. The number of nitrogens with zero attached hydrogens (tertiary/aromatic N) is 5. The molecular formula is C11H17N7O2. The van der Waals surface area contributed by atoms with E-state index in [1.165, 1.54) is 12.0 Å². The first-order valence-corrected chi connectivity index (χ1v) is 6.16. The second-order valence-corrected chi connectivity index (χ2v) is 4.60. The Hall–Kier alpha value is -2.45. The number of methoxy groups -OCH3 is 1. The van der Waals surface area contributed by atoms with Crippen LogP contribution in [-0.2, 0) is 4.79 Å². The fraction of sp³-hybridized carbons (Fsp3) is 0.545. The third kappa shape index (κ3) is 2.60. The average Bonchev–Trinajstić information content (AvgIpc) is 2.62. The highest BCUT2D eigenvalue weighted by atomic mass is 16.5. The smallest absolute Gasteiger partial charge is 0.322 e. The van der Waals surface area contributed by atoms with E-state index < -0.39 is 6.04 Å². The minimum atomic E-state index is -0.547. The van der Waals surface area contributed by atoms with Crippen LogP contribution in [0.3, 0.4) is 0 Å². The van der Waals surface area contributed by atoms with E-state index in [4.69, 9.17) is 10.5 Å². The average molecular weight is 279 g/mol. The summed E-state index contributed by atoms with van der Waals surface area (Å²) in [6.07, 6.45) is 0. The zero-order valence-corrected chi connectivity index (χ0v) is 11.8. The Kier molecular flexibility index (Phi) is 3.68. The number of nitrogens with one attached hydrogen (secondary N) is 1. The molecule has 0 aliphatic carbocycles. The largest absolute Gasteiger partial charge is 0.467 e. The molecule has 1 atom stereocenters. The molecule has 1 amide bonds. The number of carbonyl (C=O) groups is 1. The fourth-order valence-electron chi connectivity index (χ4n) is 1.71. The van der Waals surface area contributed by atoms with Gasteiger partial charge in [-0.05, 0) is 20.8 Å². The van der Waals surface area contributed by atoms with Crippen molar-refractivity contribution in [3.8, 4) is 6.01 Å². The molecule has 0 radical (unpaired) electrons. The van der Waals surface area contributed by atoms with E-state index in [1.54, 1.807) is 6.92 Å². The van der Waals surface area contributed by atoms with Gasteiger partial charge in [-0.25, -0.2) is 0 Å². The van der Waals surface area contributed by atoms with Gasteiger partial charge in [0.2, 0.25) is 17.9 Å². The molecule has 0 aromatic carbocycles. The second kappa shape index (κ2) is 5.27. The Balaban J connectivity index is 2.41. The van der Waals surface area contributed by atoms with Crippen LogP contribution in [-0.4, -0.2) is 46.0 Å². The highest BCUT2D eigenvalue weighted by molar-refractivity contribution is 6.11. The van der Waals surface area contributed by atoms with Crippen LogP contribution in [0, 0.1) is 0 Å². The van der Waals surface area contributed by atoms with Crippen molar-refractivity contribution in [3.63, 3.8) is 0 Å². The molecule has 2 rings (SSSR count). The maximum absolute atomic E-state index is 11.6. The topological polar surface area (TPSA) is 119 Å². The van der Waals surface area contributed by atoms with Crippen LogP contribution in [0.25, 0.3) is 0 Å². The van der Waals surface area contributed by atoms with Crippen LogP contribution in [0.1, 0.15) is 20.8 Å². The standard InChI is InChI=1S/C11H17N7O2/c1-5(2)13-9-15-10(17-11(16-9)20-4)18-6(3)7(19)14-8(18)12/h5-6H,1-4H3,(H2,12,14,19)(H,13,15,16,17)/t6-/m1/s1. The summed E-state index contributed by atoms with van der Waals surface area (Å²) in [6, 6.07) is -0.273. The van der Waals surface area contributed by atoms with E-state index in [0.717, 1.165) is 0 Å². The Labute approximate surface area is 116 Å². The third-order valence-corrected chi connectivity index (χ3v) is 2.64. The number of anilines is 2. The van der Waals surface area contributed by atoms with Crippen LogP contribution in [0.2, 0.25) is 0 Å². The highest BCUT2D eigenvalue weighted by Gasteiger charge is 2.33. The molecule has 0 spiro atoms. The van der Waals surface area contributed by atoms with Crippen molar-refractivity contribution >= 4 is 23.8 Å². The molecule has 9 heteroatoms. The molecule has 0 saturated heterocycles. The van der Waals surface area contributed by atoms with Crippen molar-refractivity contribution in [2.24, 2.45) is 10.7 Å². The van der Waals surface area contributed by atoms with Gasteiger partial charge in [0.05, 0.1) is 7.11 Å². The van der Waals surface area contributed by atoms with E-state index in [1.807, 2.05) is 13.8 Å². The number of hydrogen-bond acceptors (Lipinski definition) is 8. The van der Waals surface area contributed by atoms with Crippen molar-refractivity contribution in [2.45, 2.75) is 32.9 Å². The van der Waals surface area contributed by atoms with Crippen molar-refractivity contribution in [1.82, 2.24) is 15.0 Å². The summed E-state index contributed by atoms with van der Waals surface area (Å²) in [7, 11) is 1.45. The zero-order chi connectivity index (χ0) is 14.9. The van der Waals surface area contributed by atoms with Crippen LogP contribution < -0.4 is 20.7 Å². The van der Waals surface area contributed by atoms with Gasteiger partial charge in [-0.15, -0.1) is 0 Å². The van der Waals surface area contributed by atoms with Gasteiger partial charge in [-0.1, -0.05) is 0 Å². The minimum absolute atomic E-state index is 0.0613. The van der Waals surface area contributed by atoms with Crippen LogP contribution >= 0.6 is 0 Å². The molecule has 1 aromatic rings.